The lowest BCUT2D eigenvalue weighted by molar-refractivity contribution is 0.833. The predicted molar refractivity (Wildman–Crippen MR) is 77.8 cm³/mol. The number of nitrogens with zero attached hydrogens (tertiary/aromatic N) is 6. The van der Waals surface area contributed by atoms with E-state index in [1.165, 1.54) is 4.88 Å². The van der Waals surface area contributed by atoms with E-state index in [0.717, 1.165) is 6.54 Å². The van der Waals surface area contributed by atoms with Gasteiger partial charge in [-0.2, -0.15) is 15.0 Å². The normalized spacial score (nSPS) is 10.7. The first-order valence-corrected chi connectivity index (χ1v) is 6.84. The second-order valence-electron chi connectivity index (χ2n) is 4.20. The third-order valence-electron chi connectivity index (χ3n) is 2.68. The Morgan fingerprint density at radius 2 is 2.25 bits per heavy atom. The molecule has 2 N–H and O–H groups in total. The van der Waals surface area contributed by atoms with Crippen molar-refractivity contribution in [3.05, 3.63) is 41.1 Å². The van der Waals surface area contributed by atoms with Crippen LogP contribution in [-0.4, -0.2) is 31.6 Å². The van der Waals surface area contributed by atoms with Gasteiger partial charge in [0, 0.05) is 24.3 Å². The van der Waals surface area contributed by atoms with Crippen LogP contribution >= 0.6 is 11.3 Å². The maximum absolute atomic E-state index is 5.76. The summed E-state index contributed by atoms with van der Waals surface area (Å²) in [6.07, 6.45) is 5.05. The van der Waals surface area contributed by atoms with E-state index in [0.29, 0.717) is 11.9 Å². The van der Waals surface area contributed by atoms with E-state index in [2.05, 4.69) is 26.0 Å². The van der Waals surface area contributed by atoms with E-state index in [-0.39, 0.29) is 5.95 Å². The van der Waals surface area contributed by atoms with Crippen LogP contribution in [0.15, 0.2) is 36.2 Å². The van der Waals surface area contributed by atoms with Crippen LogP contribution in [0.3, 0.4) is 0 Å². The summed E-state index contributed by atoms with van der Waals surface area (Å²) < 4.78 is 1.69. The summed E-state index contributed by atoms with van der Waals surface area (Å²) in [4.78, 5) is 19.8. The van der Waals surface area contributed by atoms with Gasteiger partial charge in [0.25, 0.3) is 0 Å². The largest absolute Gasteiger partial charge is 0.368 e. The summed E-state index contributed by atoms with van der Waals surface area (Å²) in [5.74, 6) is 1.19. The van der Waals surface area contributed by atoms with Gasteiger partial charge in [-0.1, -0.05) is 6.07 Å². The minimum absolute atomic E-state index is 0.191. The molecule has 0 saturated heterocycles. The van der Waals surface area contributed by atoms with E-state index in [9.17, 15) is 0 Å². The highest BCUT2D eigenvalue weighted by Crippen LogP contribution is 2.16. The third kappa shape index (κ3) is 2.59. The molecular formula is C12H13N7S. The van der Waals surface area contributed by atoms with E-state index in [1.807, 2.05) is 23.4 Å². The molecule has 0 atom stereocenters. The molecule has 0 radical (unpaired) electrons. The van der Waals surface area contributed by atoms with E-state index in [1.54, 1.807) is 34.6 Å². The second-order valence-corrected chi connectivity index (χ2v) is 5.23. The summed E-state index contributed by atoms with van der Waals surface area (Å²) in [6, 6.07) is 4.09. The molecule has 3 aromatic rings. The van der Waals surface area contributed by atoms with Crippen LogP contribution in [0, 0.1) is 0 Å². The summed E-state index contributed by atoms with van der Waals surface area (Å²) in [7, 11) is 1.92. The minimum atomic E-state index is 0.191. The first-order chi connectivity index (χ1) is 9.72. The fourth-order valence-corrected chi connectivity index (χ4v) is 2.50. The number of hydrogen-bond acceptors (Lipinski definition) is 7. The molecular weight excluding hydrogens is 274 g/mol. The quantitative estimate of drug-likeness (QED) is 0.779. The lowest BCUT2D eigenvalue weighted by atomic mass is 10.4. The first kappa shape index (κ1) is 12.5. The molecule has 8 heteroatoms. The van der Waals surface area contributed by atoms with Gasteiger partial charge in [-0.05, 0) is 11.4 Å². The highest BCUT2D eigenvalue weighted by molar-refractivity contribution is 7.09. The van der Waals surface area contributed by atoms with Crippen molar-refractivity contribution in [2.75, 3.05) is 17.7 Å². The molecule has 3 rings (SSSR count). The fraction of sp³-hybridized carbons (Fsp3) is 0.167. The van der Waals surface area contributed by atoms with Crippen molar-refractivity contribution in [3.63, 3.8) is 0 Å². The zero-order valence-electron chi connectivity index (χ0n) is 10.8. The van der Waals surface area contributed by atoms with E-state index in [4.69, 9.17) is 5.73 Å². The van der Waals surface area contributed by atoms with Gasteiger partial charge in [-0.15, -0.1) is 11.3 Å². The van der Waals surface area contributed by atoms with Crippen molar-refractivity contribution < 1.29 is 0 Å². The average molecular weight is 287 g/mol. The van der Waals surface area contributed by atoms with E-state index < -0.39 is 0 Å². The highest BCUT2D eigenvalue weighted by Gasteiger charge is 2.11. The van der Waals surface area contributed by atoms with Crippen LogP contribution in [0.2, 0.25) is 0 Å². The Kier molecular flexibility index (Phi) is 3.30. The Morgan fingerprint density at radius 1 is 1.35 bits per heavy atom. The van der Waals surface area contributed by atoms with Crippen LogP contribution in [0.25, 0.3) is 5.95 Å². The SMILES string of the molecule is CN(Cc1cccs1)c1nc(N)nc(-n2ccnc2)n1. The number of imidazole rings is 1. The van der Waals surface area contributed by atoms with Gasteiger partial charge in [-0.3, -0.25) is 4.57 Å². The first-order valence-electron chi connectivity index (χ1n) is 5.96. The number of aromatic nitrogens is 5. The Balaban J connectivity index is 1.89. The predicted octanol–water partition coefficient (Wildman–Crippen LogP) is 1.34. The molecule has 3 heterocycles. The summed E-state index contributed by atoms with van der Waals surface area (Å²) in [6.45, 7) is 0.727. The maximum atomic E-state index is 5.76. The molecule has 7 nitrogen and oxygen atoms in total. The third-order valence-corrected chi connectivity index (χ3v) is 3.54. The molecule has 102 valence electrons. The zero-order chi connectivity index (χ0) is 13.9. The van der Waals surface area contributed by atoms with Crippen molar-refractivity contribution in [1.29, 1.82) is 0 Å². The van der Waals surface area contributed by atoms with Crippen LogP contribution in [-0.2, 0) is 6.54 Å². The fourth-order valence-electron chi connectivity index (χ4n) is 1.74. The van der Waals surface area contributed by atoms with Gasteiger partial charge in [0.1, 0.15) is 6.33 Å². The van der Waals surface area contributed by atoms with Crippen molar-refractivity contribution in [3.8, 4) is 5.95 Å². The maximum Gasteiger partial charge on any atom is 0.241 e. The number of hydrogen-bond donors (Lipinski definition) is 1. The van der Waals surface area contributed by atoms with E-state index >= 15 is 0 Å². The monoisotopic (exact) mass is 287 g/mol. The van der Waals surface area contributed by atoms with Gasteiger partial charge >= 0.3 is 0 Å². The van der Waals surface area contributed by atoms with Crippen molar-refractivity contribution in [1.82, 2.24) is 24.5 Å². The number of anilines is 2. The van der Waals surface area contributed by atoms with Gasteiger partial charge in [0.05, 0.1) is 6.54 Å². The van der Waals surface area contributed by atoms with Crippen LogP contribution in [0.1, 0.15) is 4.88 Å². The topological polar surface area (TPSA) is 85.8 Å². The molecule has 0 bridgehead atoms. The molecule has 0 saturated carbocycles. The molecule has 0 amide bonds. The number of rotatable bonds is 4. The zero-order valence-corrected chi connectivity index (χ0v) is 11.7. The Labute approximate surface area is 119 Å². The Morgan fingerprint density at radius 3 is 2.95 bits per heavy atom. The molecule has 20 heavy (non-hydrogen) atoms. The van der Waals surface area contributed by atoms with Crippen LogP contribution in [0.5, 0.6) is 0 Å². The van der Waals surface area contributed by atoms with Crippen molar-refractivity contribution >= 4 is 23.2 Å². The van der Waals surface area contributed by atoms with Gasteiger partial charge < -0.3 is 10.6 Å². The van der Waals surface area contributed by atoms with Gasteiger partial charge in [0.2, 0.25) is 17.8 Å². The molecule has 0 aliphatic heterocycles. The number of thiophene rings is 1. The number of nitrogen functional groups attached to an aromatic ring is 1. The van der Waals surface area contributed by atoms with Crippen molar-refractivity contribution in [2.24, 2.45) is 0 Å². The molecule has 0 unspecified atom stereocenters. The molecule has 0 aliphatic rings. The molecule has 0 aliphatic carbocycles. The van der Waals surface area contributed by atoms with Crippen LogP contribution in [0.4, 0.5) is 11.9 Å². The lowest BCUT2D eigenvalue weighted by Crippen LogP contribution is -2.20. The molecule has 3 aromatic heterocycles. The molecule has 0 fully saturated rings. The van der Waals surface area contributed by atoms with Crippen molar-refractivity contribution in [2.45, 2.75) is 6.54 Å². The summed E-state index contributed by atoms with van der Waals surface area (Å²) in [5.41, 5.74) is 5.76. The lowest BCUT2D eigenvalue weighted by Gasteiger charge is -2.16. The summed E-state index contributed by atoms with van der Waals surface area (Å²) >= 11 is 1.69. The summed E-state index contributed by atoms with van der Waals surface area (Å²) in [5, 5.41) is 2.04. The van der Waals surface area contributed by atoms with Gasteiger partial charge in [0.15, 0.2) is 0 Å². The molecule has 0 spiro atoms. The average Bonchev–Trinajstić information content (AvgIpc) is 3.11. The Bertz CT molecular complexity index is 678. The highest BCUT2D eigenvalue weighted by atomic mass is 32.1. The van der Waals surface area contributed by atoms with Crippen LogP contribution < -0.4 is 10.6 Å². The minimum Gasteiger partial charge on any atom is -0.368 e. The Hall–Kier alpha value is -2.48. The second kappa shape index (κ2) is 5.25. The standard InChI is InChI=1S/C12H13N7S/c1-18(7-9-3-2-6-20-9)11-15-10(13)16-12(17-11)19-5-4-14-8-19/h2-6,8H,7H2,1H3,(H2,13,15,16,17). The smallest absolute Gasteiger partial charge is 0.241 e. The number of nitrogens with two attached hydrogens (primary N) is 1. The molecule has 0 aromatic carbocycles. The van der Waals surface area contributed by atoms with Gasteiger partial charge in [-0.25, -0.2) is 4.98 Å².